The van der Waals surface area contributed by atoms with Crippen molar-refractivity contribution in [2.45, 2.75) is 37.7 Å². The number of hydrogen-bond acceptors (Lipinski definition) is 5. The van der Waals surface area contributed by atoms with Gasteiger partial charge in [0.2, 0.25) is 0 Å². The predicted octanol–water partition coefficient (Wildman–Crippen LogP) is 0.128. The van der Waals surface area contributed by atoms with E-state index in [0.29, 0.717) is 6.42 Å². The zero-order valence-electron chi connectivity index (χ0n) is 8.46. The van der Waals surface area contributed by atoms with Crippen molar-refractivity contribution < 1.29 is 27.6 Å². The molecule has 1 rings (SSSR count). The van der Waals surface area contributed by atoms with Gasteiger partial charge in [0.15, 0.2) is 0 Å². The number of alkyl halides is 1. The van der Waals surface area contributed by atoms with E-state index in [2.05, 4.69) is 9.05 Å². The Morgan fingerprint density at radius 2 is 2.27 bits per heavy atom. The molecule has 0 aromatic rings. The molecule has 2 unspecified atom stereocenters. The summed E-state index contributed by atoms with van der Waals surface area (Å²) in [5, 5.41) is 0. The summed E-state index contributed by atoms with van der Waals surface area (Å²) in [5.41, 5.74) is 0. The van der Waals surface area contributed by atoms with Crippen LogP contribution in [0.25, 0.3) is 0 Å². The maximum absolute atomic E-state index is 13.4. The van der Waals surface area contributed by atoms with Gasteiger partial charge < -0.3 is 18.7 Å². The first-order valence-corrected chi connectivity index (χ1v) is 5.97. The van der Waals surface area contributed by atoms with Gasteiger partial charge in [-0.05, 0) is 6.42 Å². The second-order valence-corrected chi connectivity index (χ2v) is 4.66. The van der Waals surface area contributed by atoms with Crippen molar-refractivity contribution in [3.05, 3.63) is 0 Å². The third-order valence-corrected chi connectivity index (χ3v) is 3.15. The normalized spacial score (nSPS) is 40.3. The maximum atomic E-state index is 13.4. The van der Waals surface area contributed by atoms with Crippen molar-refractivity contribution >= 4 is 15.7 Å². The third kappa shape index (κ3) is 3.01. The van der Waals surface area contributed by atoms with Crippen molar-refractivity contribution in [2.75, 3.05) is 7.11 Å². The van der Waals surface area contributed by atoms with E-state index in [1.54, 1.807) is 6.92 Å². The Labute approximate surface area is 88.9 Å². The minimum atomic E-state index is -4.46. The van der Waals surface area contributed by atoms with Gasteiger partial charge in [-0.1, -0.05) is 6.92 Å². The molecule has 0 bridgehead atoms. The van der Waals surface area contributed by atoms with Crippen molar-refractivity contribution in [1.29, 1.82) is 0 Å². The van der Waals surface area contributed by atoms with Crippen molar-refractivity contribution in [3.63, 3.8) is 0 Å². The largest absolute Gasteiger partial charge is 0.756 e. The summed E-state index contributed by atoms with van der Waals surface area (Å²) in [4.78, 5) is 11.0. The highest BCUT2D eigenvalue weighted by atomic mass is 31.2. The molecule has 1 aliphatic rings. The smallest absolute Gasteiger partial charge is 0.268 e. The maximum Gasteiger partial charge on any atom is 0.268 e. The van der Waals surface area contributed by atoms with Crippen molar-refractivity contribution in [2.24, 2.45) is 0 Å². The quantitative estimate of drug-likeness (QED) is 0.513. The fraction of sp³-hybridized carbons (Fsp3) is 1.00. The molecule has 8 heteroatoms. The van der Waals surface area contributed by atoms with E-state index in [0.717, 1.165) is 7.11 Å². The molecule has 1 aliphatic heterocycles. The van der Waals surface area contributed by atoms with Crippen LogP contribution < -0.4 is 4.89 Å². The van der Waals surface area contributed by atoms with Gasteiger partial charge >= 0.3 is 0 Å². The lowest BCUT2D eigenvalue weighted by Gasteiger charge is -2.27. The van der Waals surface area contributed by atoms with E-state index in [1.807, 2.05) is 0 Å². The number of ether oxygens (including phenoxy) is 1. The fourth-order valence-corrected chi connectivity index (χ4v) is 2.03. The van der Waals surface area contributed by atoms with Crippen LogP contribution in [0.3, 0.4) is 0 Å². The second kappa shape index (κ2) is 4.93. The lowest BCUT2D eigenvalue weighted by molar-refractivity contribution is -0.229. The monoisotopic (exact) mass is 237 g/mol. The van der Waals surface area contributed by atoms with Gasteiger partial charge in [0.25, 0.3) is 7.82 Å². The first kappa shape index (κ1) is 13.1. The topological polar surface area (TPSA) is 67.8 Å². The van der Waals surface area contributed by atoms with Crippen LogP contribution in [-0.2, 0) is 18.3 Å². The van der Waals surface area contributed by atoms with Crippen LogP contribution in [0.4, 0.5) is 4.39 Å². The van der Waals surface area contributed by atoms with Gasteiger partial charge in [-0.15, -0.1) is 0 Å². The molecule has 5 nitrogen and oxygen atoms in total. The molecule has 2 radical (unpaired) electrons. The molecule has 0 aliphatic carbocycles. The summed E-state index contributed by atoms with van der Waals surface area (Å²) in [6.45, 7) is 1.72. The number of phosphoric acid groups is 1. The molecule has 1 fully saturated rings. The van der Waals surface area contributed by atoms with Crippen LogP contribution in [0.15, 0.2) is 0 Å². The first-order chi connectivity index (χ1) is 6.91. The minimum absolute atomic E-state index is 0.405. The molecule has 1 saturated heterocycles. The average Bonchev–Trinajstić information content (AvgIpc) is 2.45. The molecule has 0 aromatic carbocycles. The average molecular weight is 237 g/mol. The van der Waals surface area contributed by atoms with Crippen LogP contribution in [0.1, 0.15) is 13.3 Å². The van der Waals surface area contributed by atoms with Crippen LogP contribution >= 0.6 is 7.82 Å². The summed E-state index contributed by atoms with van der Waals surface area (Å²) < 4.78 is 38.0. The highest BCUT2D eigenvalue weighted by molar-refractivity contribution is 7.45. The Morgan fingerprint density at radius 1 is 1.67 bits per heavy atom. The number of halogens is 1. The van der Waals surface area contributed by atoms with Crippen LogP contribution in [0.2, 0.25) is 0 Å². The highest BCUT2D eigenvalue weighted by Gasteiger charge is 2.44. The number of hydrogen-bond donors (Lipinski definition) is 0. The third-order valence-electron chi connectivity index (χ3n) is 2.20. The molecule has 0 aromatic heterocycles. The summed E-state index contributed by atoms with van der Waals surface area (Å²) in [7, 11) is 1.76. The molecule has 0 amide bonds. The lowest BCUT2D eigenvalue weighted by atomic mass is 9.94. The van der Waals surface area contributed by atoms with E-state index in [9.17, 15) is 13.8 Å². The molecule has 1 heterocycles. The van der Waals surface area contributed by atoms with E-state index in [4.69, 9.17) is 12.6 Å². The van der Waals surface area contributed by atoms with Gasteiger partial charge in [-0.3, -0.25) is 4.57 Å². The molecular formula is C7H12BFO5P-. The van der Waals surface area contributed by atoms with Crippen molar-refractivity contribution in [1.82, 2.24) is 0 Å². The molecule has 5 atom stereocenters. The Morgan fingerprint density at radius 3 is 2.73 bits per heavy atom. The number of phosphoric ester groups is 1. The summed E-state index contributed by atoms with van der Waals surface area (Å²) >= 11 is 0. The summed E-state index contributed by atoms with van der Waals surface area (Å²) in [6, 6.07) is -1.16. The van der Waals surface area contributed by atoms with Crippen LogP contribution in [0, 0.1) is 0 Å². The Balaban J connectivity index is 2.70. The first-order valence-electron chi connectivity index (χ1n) is 4.51. The van der Waals surface area contributed by atoms with Crippen molar-refractivity contribution in [3.8, 4) is 0 Å². The fourth-order valence-electron chi connectivity index (χ4n) is 1.39. The van der Waals surface area contributed by atoms with Crippen LogP contribution in [-0.4, -0.2) is 39.3 Å². The molecule has 15 heavy (non-hydrogen) atoms. The molecule has 0 saturated carbocycles. The summed E-state index contributed by atoms with van der Waals surface area (Å²) in [6.07, 6.45) is -3.17. The Hall–Kier alpha value is 0.0649. The molecule has 0 N–H and O–H groups in total. The van der Waals surface area contributed by atoms with Gasteiger partial charge in [0.05, 0.1) is 12.1 Å². The van der Waals surface area contributed by atoms with Gasteiger partial charge in [0, 0.05) is 7.11 Å². The molecule has 0 spiro atoms. The Kier molecular flexibility index (Phi) is 4.32. The molecule has 86 valence electrons. The zero-order chi connectivity index (χ0) is 11.6. The number of rotatable bonds is 4. The van der Waals surface area contributed by atoms with Crippen LogP contribution in [0.5, 0.6) is 0 Å². The van der Waals surface area contributed by atoms with Gasteiger partial charge in [-0.25, -0.2) is 4.39 Å². The molecular weight excluding hydrogens is 225 g/mol. The van der Waals surface area contributed by atoms with Gasteiger partial charge in [-0.2, -0.15) is 0 Å². The van der Waals surface area contributed by atoms with E-state index in [1.165, 1.54) is 0 Å². The minimum Gasteiger partial charge on any atom is -0.756 e. The SMILES string of the molecule is [B][C@@H]1O[C@H](CC)C(OP(=O)([O-])OC)[C@H]1F. The van der Waals surface area contributed by atoms with E-state index < -0.39 is 32.2 Å². The van der Waals surface area contributed by atoms with Gasteiger partial charge in [0.1, 0.15) is 20.1 Å². The second-order valence-electron chi connectivity index (χ2n) is 3.19. The summed E-state index contributed by atoms with van der Waals surface area (Å²) in [5.74, 6) is 0. The predicted molar refractivity (Wildman–Crippen MR) is 49.1 cm³/mol. The standard InChI is InChI=1S/C7H13BFO5P/c1-3-4-6(5(9)7(8)13-4)14-15(10,11)12-2/h4-7H,3H2,1-2H3,(H,10,11)/p-1/t4-,5-,6?,7-/m1/s1. The zero-order valence-corrected chi connectivity index (χ0v) is 9.35. The lowest BCUT2D eigenvalue weighted by Crippen LogP contribution is -2.33. The Bertz CT molecular complexity index is 266. The van der Waals surface area contributed by atoms with E-state index in [-0.39, 0.29) is 0 Å². The highest BCUT2D eigenvalue weighted by Crippen LogP contribution is 2.43. The van der Waals surface area contributed by atoms with E-state index >= 15 is 0 Å².